The number of halogens is 2. The standard InChI is InChI=1S/C12H14BrNO3.ClH/c13-9-5-7(12(16)17)4-8(11(9)15)10(14)6-2-1-3-6;/h4-6,10,15H,1-3,14H2,(H,16,17);1H/t10-;/m0./s1. The Balaban J connectivity index is 0.00000162. The van der Waals surface area contributed by atoms with Gasteiger partial charge in [-0.05, 0) is 46.8 Å². The molecule has 1 aromatic rings. The Labute approximate surface area is 120 Å². The molecule has 1 atom stereocenters. The summed E-state index contributed by atoms with van der Waals surface area (Å²) in [4.78, 5) is 10.9. The van der Waals surface area contributed by atoms with E-state index < -0.39 is 5.97 Å². The SMILES string of the molecule is Cl.N[C@H](c1cc(C(=O)O)cc(Br)c1O)C1CCC1. The number of aromatic hydroxyl groups is 1. The van der Waals surface area contributed by atoms with Gasteiger partial charge in [0.15, 0.2) is 0 Å². The molecule has 0 aliphatic heterocycles. The van der Waals surface area contributed by atoms with Gasteiger partial charge in [-0.15, -0.1) is 12.4 Å². The molecule has 0 bridgehead atoms. The zero-order valence-electron chi connectivity index (χ0n) is 9.60. The molecule has 0 spiro atoms. The first-order valence-electron chi connectivity index (χ1n) is 5.52. The van der Waals surface area contributed by atoms with Crippen molar-refractivity contribution in [3.8, 4) is 5.75 Å². The molecule has 2 rings (SSSR count). The molecular weight excluding hydrogens is 321 g/mol. The summed E-state index contributed by atoms with van der Waals surface area (Å²) in [6, 6.07) is 2.56. The van der Waals surface area contributed by atoms with Crippen molar-refractivity contribution in [2.45, 2.75) is 25.3 Å². The highest BCUT2D eigenvalue weighted by atomic mass is 79.9. The maximum absolute atomic E-state index is 10.9. The number of hydrogen-bond acceptors (Lipinski definition) is 3. The van der Waals surface area contributed by atoms with Crippen LogP contribution in [0.1, 0.15) is 41.2 Å². The minimum Gasteiger partial charge on any atom is -0.506 e. The number of phenols is 1. The van der Waals surface area contributed by atoms with E-state index in [1.54, 1.807) is 0 Å². The lowest BCUT2D eigenvalue weighted by Gasteiger charge is -2.32. The summed E-state index contributed by atoms with van der Waals surface area (Å²) < 4.78 is 0.377. The molecule has 0 unspecified atom stereocenters. The average molecular weight is 337 g/mol. The van der Waals surface area contributed by atoms with Crippen LogP contribution >= 0.6 is 28.3 Å². The van der Waals surface area contributed by atoms with Crippen LogP contribution in [0.5, 0.6) is 5.75 Å². The minimum absolute atomic E-state index is 0. The predicted octanol–water partition coefficient (Wildman–Crippen LogP) is 3.07. The average Bonchev–Trinajstić information content (AvgIpc) is 2.18. The quantitative estimate of drug-likeness (QED) is 0.792. The first-order valence-corrected chi connectivity index (χ1v) is 6.31. The Kier molecular flexibility index (Phi) is 5.01. The van der Waals surface area contributed by atoms with Gasteiger partial charge in [-0.3, -0.25) is 0 Å². The highest BCUT2D eigenvalue weighted by Crippen LogP contribution is 2.41. The third kappa shape index (κ3) is 2.79. The van der Waals surface area contributed by atoms with Crippen LogP contribution in [0.3, 0.4) is 0 Å². The van der Waals surface area contributed by atoms with Crippen molar-refractivity contribution in [2.75, 3.05) is 0 Å². The summed E-state index contributed by atoms with van der Waals surface area (Å²) in [6.45, 7) is 0. The number of phenolic OH excluding ortho intramolecular Hbond substituents is 1. The van der Waals surface area contributed by atoms with E-state index in [2.05, 4.69) is 15.9 Å². The normalized spacial score (nSPS) is 16.6. The van der Waals surface area contributed by atoms with Crippen LogP contribution < -0.4 is 5.73 Å². The summed E-state index contributed by atoms with van der Waals surface area (Å²) in [7, 11) is 0. The number of carbonyl (C=O) groups is 1. The number of carboxylic acid groups (broad SMARTS) is 1. The van der Waals surface area contributed by atoms with Crippen molar-refractivity contribution in [2.24, 2.45) is 11.7 Å². The summed E-state index contributed by atoms with van der Waals surface area (Å²) in [5, 5.41) is 18.9. The van der Waals surface area contributed by atoms with E-state index in [-0.39, 0.29) is 29.8 Å². The van der Waals surface area contributed by atoms with E-state index in [1.165, 1.54) is 12.1 Å². The smallest absolute Gasteiger partial charge is 0.335 e. The first-order chi connectivity index (χ1) is 8.00. The molecule has 18 heavy (non-hydrogen) atoms. The molecule has 1 aliphatic rings. The lowest BCUT2D eigenvalue weighted by molar-refractivity contribution is 0.0696. The highest BCUT2D eigenvalue weighted by molar-refractivity contribution is 9.10. The van der Waals surface area contributed by atoms with Crippen molar-refractivity contribution >= 4 is 34.3 Å². The molecule has 0 heterocycles. The molecule has 4 nitrogen and oxygen atoms in total. The van der Waals surface area contributed by atoms with Crippen LogP contribution in [-0.2, 0) is 0 Å². The van der Waals surface area contributed by atoms with E-state index in [9.17, 15) is 9.90 Å². The predicted molar refractivity (Wildman–Crippen MR) is 74.3 cm³/mol. The van der Waals surface area contributed by atoms with Gasteiger partial charge in [-0.1, -0.05) is 6.42 Å². The van der Waals surface area contributed by atoms with Gasteiger partial charge >= 0.3 is 5.97 Å². The van der Waals surface area contributed by atoms with Crippen LogP contribution in [0.4, 0.5) is 0 Å². The Hall–Kier alpha value is -0.780. The van der Waals surface area contributed by atoms with E-state index in [1.807, 2.05) is 0 Å². The van der Waals surface area contributed by atoms with E-state index in [0.717, 1.165) is 19.3 Å². The number of benzene rings is 1. The van der Waals surface area contributed by atoms with Gasteiger partial charge in [0.05, 0.1) is 10.0 Å². The van der Waals surface area contributed by atoms with Crippen molar-refractivity contribution in [3.05, 3.63) is 27.7 Å². The minimum atomic E-state index is -1.02. The molecule has 0 aromatic heterocycles. The molecule has 0 saturated heterocycles. The Morgan fingerprint density at radius 1 is 1.44 bits per heavy atom. The summed E-state index contributed by atoms with van der Waals surface area (Å²) in [6.07, 6.45) is 3.23. The molecular formula is C12H15BrClNO3. The lowest BCUT2D eigenvalue weighted by Crippen LogP contribution is -2.27. The highest BCUT2D eigenvalue weighted by Gasteiger charge is 2.28. The molecule has 1 aromatic carbocycles. The van der Waals surface area contributed by atoms with Gasteiger partial charge in [0, 0.05) is 11.6 Å². The van der Waals surface area contributed by atoms with Gasteiger partial charge in [0.2, 0.25) is 0 Å². The van der Waals surface area contributed by atoms with Crippen molar-refractivity contribution in [3.63, 3.8) is 0 Å². The fourth-order valence-electron chi connectivity index (χ4n) is 2.05. The van der Waals surface area contributed by atoms with Crippen LogP contribution in [0.15, 0.2) is 16.6 Å². The van der Waals surface area contributed by atoms with Gasteiger partial charge in [0.1, 0.15) is 5.75 Å². The molecule has 100 valence electrons. The van der Waals surface area contributed by atoms with Crippen LogP contribution in [0, 0.1) is 5.92 Å². The molecule has 0 amide bonds. The number of rotatable bonds is 3. The number of carboxylic acids is 1. The molecule has 1 aliphatic carbocycles. The van der Waals surface area contributed by atoms with E-state index >= 15 is 0 Å². The molecule has 4 N–H and O–H groups in total. The Bertz CT molecular complexity index is 463. The van der Waals surface area contributed by atoms with Crippen molar-refractivity contribution in [1.29, 1.82) is 0 Å². The Morgan fingerprint density at radius 3 is 2.50 bits per heavy atom. The van der Waals surface area contributed by atoms with Crippen LogP contribution in [0.2, 0.25) is 0 Å². The van der Waals surface area contributed by atoms with Gasteiger partial charge in [-0.2, -0.15) is 0 Å². The lowest BCUT2D eigenvalue weighted by atomic mass is 9.77. The van der Waals surface area contributed by atoms with Crippen LogP contribution in [0.25, 0.3) is 0 Å². The first kappa shape index (κ1) is 15.3. The fourth-order valence-corrected chi connectivity index (χ4v) is 2.53. The second kappa shape index (κ2) is 5.91. The third-order valence-electron chi connectivity index (χ3n) is 3.36. The largest absolute Gasteiger partial charge is 0.506 e. The van der Waals surface area contributed by atoms with Crippen molar-refractivity contribution in [1.82, 2.24) is 0 Å². The maximum atomic E-state index is 10.9. The van der Waals surface area contributed by atoms with Gasteiger partial charge < -0.3 is 15.9 Å². The zero-order valence-corrected chi connectivity index (χ0v) is 12.0. The summed E-state index contributed by atoms with van der Waals surface area (Å²) >= 11 is 3.15. The number of aromatic carboxylic acids is 1. The molecule has 6 heteroatoms. The summed E-state index contributed by atoms with van der Waals surface area (Å²) in [5.74, 6) is -0.626. The van der Waals surface area contributed by atoms with E-state index in [0.29, 0.717) is 16.0 Å². The van der Waals surface area contributed by atoms with Gasteiger partial charge in [-0.25, -0.2) is 4.79 Å². The topological polar surface area (TPSA) is 83.6 Å². The second-order valence-corrected chi connectivity index (χ2v) is 5.27. The van der Waals surface area contributed by atoms with Crippen molar-refractivity contribution < 1.29 is 15.0 Å². The fraction of sp³-hybridized carbons (Fsp3) is 0.417. The number of nitrogens with two attached hydrogens (primary N) is 1. The summed E-state index contributed by atoms with van der Waals surface area (Å²) in [5.41, 5.74) is 6.72. The molecule has 1 saturated carbocycles. The molecule has 1 fully saturated rings. The zero-order chi connectivity index (χ0) is 12.6. The third-order valence-corrected chi connectivity index (χ3v) is 3.96. The van der Waals surface area contributed by atoms with Gasteiger partial charge in [0.25, 0.3) is 0 Å². The number of hydrogen-bond donors (Lipinski definition) is 3. The van der Waals surface area contributed by atoms with Crippen LogP contribution in [-0.4, -0.2) is 16.2 Å². The monoisotopic (exact) mass is 335 g/mol. The second-order valence-electron chi connectivity index (χ2n) is 4.42. The molecule has 0 radical (unpaired) electrons. The maximum Gasteiger partial charge on any atom is 0.335 e. The van der Waals surface area contributed by atoms with E-state index in [4.69, 9.17) is 10.8 Å². The Morgan fingerprint density at radius 2 is 2.06 bits per heavy atom.